The molecule has 9 nitrogen and oxygen atoms in total. The molecule has 1 aromatic carbocycles. The van der Waals surface area contributed by atoms with Gasteiger partial charge in [0.2, 0.25) is 17.7 Å². The van der Waals surface area contributed by atoms with Crippen molar-refractivity contribution < 1.29 is 19.1 Å². The second-order valence-electron chi connectivity index (χ2n) is 11.2. The molecule has 2 aliphatic rings. The predicted molar refractivity (Wildman–Crippen MR) is 152 cm³/mol. The Balaban J connectivity index is 1.54. The van der Waals surface area contributed by atoms with Crippen molar-refractivity contribution in [3.05, 3.63) is 23.9 Å². The minimum Gasteiger partial charge on any atom is -0.494 e. The number of hydrogen-bond acceptors (Lipinski definition) is 7. The number of hydrogen-bond donors (Lipinski definition) is 2. The molecule has 2 amide bonds. The number of likely N-dealkylation sites (N-methyl/N-ethyl adjacent to an activating group) is 1. The van der Waals surface area contributed by atoms with Gasteiger partial charge in [-0.25, -0.2) is 9.97 Å². The Morgan fingerprint density at radius 3 is 2.62 bits per heavy atom. The fourth-order valence-corrected chi connectivity index (χ4v) is 6.03. The summed E-state index contributed by atoms with van der Waals surface area (Å²) in [6.07, 6.45) is 10.6. The van der Waals surface area contributed by atoms with Gasteiger partial charge in [-0.3, -0.25) is 9.59 Å². The highest BCUT2D eigenvalue weighted by molar-refractivity contribution is 5.90. The van der Waals surface area contributed by atoms with Crippen LogP contribution in [0.15, 0.2) is 18.2 Å². The van der Waals surface area contributed by atoms with E-state index in [1.54, 1.807) is 18.9 Å². The Kier molecular flexibility index (Phi) is 9.99. The van der Waals surface area contributed by atoms with Crippen LogP contribution in [0.1, 0.15) is 77.8 Å². The van der Waals surface area contributed by atoms with Crippen molar-refractivity contribution in [3.8, 4) is 11.6 Å². The first-order valence-corrected chi connectivity index (χ1v) is 14.7. The molecule has 0 bridgehead atoms. The maximum atomic E-state index is 13.0. The predicted octanol–water partition coefficient (Wildman–Crippen LogP) is 4.01. The third-order valence-electron chi connectivity index (χ3n) is 8.42. The largest absolute Gasteiger partial charge is 0.494 e. The summed E-state index contributed by atoms with van der Waals surface area (Å²) in [5, 5.41) is 2.96. The van der Waals surface area contributed by atoms with E-state index in [0.717, 1.165) is 42.1 Å². The van der Waals surface area contributed by atoms with Gasteiger partial charge < -0.3 is 25.4 Å². The molecular formula is C30H45N5O4. The fraction of sp³-hybridized carbons (Fsp3) is 0.667. The molecule has 0 spiro atoms. The van der Waals surface area contributed by atoms with E-state index >= 15 is 0 Å². The van der Waals surface area contributed by atoms with Gasteiger partial charge in [0.15, 0.2) is 0 Å². The number of unbranched alkanes of at least 4 members (excludes halogenated alkanes) is 2. The number of ether oxygens (including phenoxy) is 2. The van der Waals surface area contributed by atoms with E-state index in [0.29, 0.717) is 18.0 Å². The Bertz CT molecular complexity index is 1140. The Hall–Kier alpha value is -2.94. The summed E-state index contributed by atoms with van der Waals surface area (Å²) in [7, 11) is 1.72. The van der Waals surface area contributed by atoms with Gasteiger partial charge in [-0.15, -0.1) is 0 Å². The van der Waals surface area contributed by atoms with Crippen LogP contribution < -0.4 is 20.5 Å². The maximum absolute atomic E-state index is 13.0. The van der Waals surface area contributed by atoms with Crippen LogP contribution in [-0.4, -0.2) is 65.1 Å². The van der Waals surface area contributed by atoms with E-state index in [4.69, 9.17) is 25.2 Å². The fourth-order valence-electron chi connectivity index (χ4n) is 6.03. The molecule has 1 saturated carbocycles. The van der Waals surface area contributed by atoms with Gasteiger partial charge in [-0.2, -0.15) is 0 Å². The summed E-state index contributed by atoms with van der Waals surface area (Å²) in [4.78, 5) is 36.8. The lowest BCUT2D eigenvalue weighted by Crippen LogP contribution is -2.51. The summed E-state index contributed by atoms with van der Waals surface area (Å²) in [5.74, 6) is 1.10. The smallest absolute Gasteiger partial charge is 0.240 e. The number of likely N-dealkylation sites (tertiary alicyclic amines) is 1. The second kappa shape index (κ2) is 13.4. The maximum Gasteiger partial charge on any atom is 0.240 e. The van der Waals surface area contributed by atoms with Crippen LogP contribution in [0, 0.1) is 11.8 Å². The van der Waals surface area contributed by atoms with Gasteiger partial charge >= 0.3 is 0 Å². The lowest BCUT2D eigenvalue weighted by molar-refractivity contribution is -0.139. The summed E-state index contributed by atoms with van der Waals surface area (Å²) in [6.45, 7) is 6.44. The zero-order valence-corrected chi connectivity index (χ0v) is 23.9. The summed E-state index contributed by atoms with van der Waals surface area (Å²) < 4.78 is 12.2. The molecule has 0 radical (unpaired) electrons. The molecule has 214 valence electrons. The highest BCUT2D eigenvalue weighted by Gasteiger charge is 2.47. The molecule has 1 saturated heterocycles. The highest BCUT2D eigenvalue weighted by atomic mass is 16.5. The standard InChI is InChI=1S/C30H45N5O4/c1-5-38-22-15-16-23-25(17-22)34-29(24(33-23)14-8-6-7-11-21-12-9-10-13-21)39-26-18-35(30(37)20(3)32-4)27(19(26)2)28(31)36/h15-17,19-21,26-27,32H,5-14,18H2,1-4H3,(H2,31,36)/t19-,20+,26+,27+/m1/s1. The van der Waals surface area contributed by atoms with Crippen LogP contribution in [0.5, 0.6) is 11.6 Å². The van der Waals surface area contributed by atoms with Gasteiger partial charge in [-0.05, 0) is 51.8 Å². The number of carbonyl (C=O) groups is 2. The summed E-state index contributed by atoms with van der Waals surface area (Å²) in [5.41, 5.74) is 8.04. The third kappa shape index (κ3) is 6.99. The van der Waals surface area contributed by atoms with Gasteiger partial charge in [0.1, 0.15) is 23.6 Å². The molecule has 2 aromatic rings. The number of aryl methyl sites for hydroxylation is 1. The van der Waals surface area contributed by atoms with Crippen LogP contribution in [0.3, 0.4) is 0 Å². The van der Waals surface area contributed by atoms with Crippen molar-refractivity contribution in [1.29, 1.82) is 0 Å². The number of primary amides is 1. The quantitative estimate of drug-likeness (QED) is 0.369. The second-order valence-corrected chi connectivity index (χ2v) is 11.2. The number of aromatic nitrogens is 2. The van der Waals surface area contributed by atoms with Gasteiger partial charge in [0, 0.05) is 12.0 Å². The normalized spacial score (nSPS) is 22.4. The molecule has 1 aliphatic heterocycles. The first kappa shape index (κ1) is 29.1. The lowest BCUT2D eigenvalue weighted by Gasteiger charge is -2.26. The molecule has 3 N–H and O–H groups in total. The Labute approximate surface area is 232 Å². The first-order chi connectivity index (χ1) is 18.8. The third-order valence-corrected chi connectivity index (χ3v) is 8.42. The Morgan fingerprint density at radius 1 is 1.15 bits per heavy atom. The molecular weight excluding hydrogens is 494 g/mol. The summed E-state index contributed by atoms with van der Waals surface area (Å²) in [6, 6.07) is 4.54. The number of nitrogens with two attached hydrogens (primary N) is 1. The van der Waals surface area contributed by atoms with Crippen LogP contribution >= 0.6 is 0 Å². The number of nitrogens with zero attached hydrogens (tertiary/aromatic N) is 3. The van der Waals surface area contributed by atoms with Gasteiger partial charge in [-0.1, -0.05) is 51.9 Å². The molecule has 9 heteroatoms. The molecule has 4 rings (SSSR count). The van der Waals surface area contributed by atoms with Crippen molar-refractivity contribution in [2.45, 2.75) is 96.7 Å². The average molecular weight is 540 g/mol. The zero-order chi connectivity index (χ0) is 27.9. The molecule has 2 fully saturated rings. The SMILES string of the molecule is CCOc1ccc2nc(CCCCCC3CCCC3)c(O[C@H]3CN(C(=O)[C@H](C)NC)[C@H](C(N)=O)[C@@H]3C)nc2c1. The number of fused-ring (bicyclic) bond motifs is 1. The minimum atomic E-state index is -0.740. The van der Waals surface area contributed by atoms with E-state index in [1.807, 2.05) is 32.0 Å². The molecule has 0 unspecified atom stereocenters. The van der Waals surface area contributed by atoms with E-state index in [-0.39, 0.29) is 18.4 Å². The average Bonchev–Trinajstić information content (AvgIpc) is 3.55. The van der Waals surface area contributed by atoms with Gasteiger partial charge in [0.05, 0.1) is 30.2 Å². The van der Waals surface area contributed by atoms with Crippen LogP contribution in [0.2, 0.25) is 0 Å². The topological polar surface area (TPSA) is 120 Å². The van der Waals surface area contributed by atoms with Gasteiger partial charge in [0.25, 0.3) is 0 Å². The van der Waals surface area contributed by atoms with Crippen molar-refractivity contribution in [2.24, 2.45) is 17.6 Å². The van der Waals surface area contributed by atoms with E-state index in [1.165, 1.54) is 38.5 Å². The van der Waals surface area contributed by atoms with Crippen LogP contribution in [0.4, 0.5) is 0 Å². The minimum absolute atomic E-state index is 0.173. The van der Waals surface area contributed by atoms with Crippen molar-refractivity contribution in [1.82, 2.24) is 20.2 Å². The highest BCUT2D eigenvalue weighted by Crippen LogP contribution is 2.32. The zero-order valence-electron chi connectivity index (χ0n) is 23.9. The molecule has 4 atom stereocenters. The number of amides is 2. The Morgan fingerprint density at radius 2 is 1.92 bits per heavy atom. The monoisotopic (exact) mass is 539 g/mol. The molecule has 1 aliphatic carbocycles. The van der Waals surface area contributed by atoms with Crippen molar-refractivity contribution in [3.63, 3.8) is 0 Å². The number of rotatable bonds is 13. The number of nitrogens with one attached hydrogen (secondary N) is 1. The van der Waals surface area contributed by atoms with Crippen LogP contribution in [0.25, 0.3) is 11.0 Å². The lowest BCUT2D eigenvalue weighted by atomic mass is 9.99. The molecule has 39 heavy (non-hydrogen) atoms. The summed E-state index contributed by atoms with van der Waals surface area (Å²) >= 11 is 0. The van der Waals surface area contributed by atoms with E-state index < -0.39 is 24.1 Å². The number of carbonyl (C=O) groups excluding carboxylic acids is 2. The van der Waals surface area contributed by atoms with E-state index in [9.17, 15) is 9.59 Å². The van der Waals surface area contributed by atoms with Crippen molar-refractivity contribution >= 4 is 22.8 Å². The molecule has 1 aromatic heterocycles. The van der Waals surface area contributed by atoms with E-state index in [2.05, 4.69) is 5.32 Å². The number of benzene rings is 1. The first-order valence-electron chi connectivity index (χ1n) is 14.7. The molecule has 2 heterocycles. The van der Waals surface area contributed by atoms with Crippen LogP contribution in [-0.2, 0) is 16.0 Å². The van der Waals surface area contributed by atoms with Crippen molar-refractivity contribution in [2.75, 3.05) is 20.2 Å².